The number of hydrogen-bond acceptors (Lipinski definition) is 3. The molecule has 3 N–H and O–H groups in total. The molecule has 1 atom stereocenters. The van der Waals surface area contributed by atoms with E-state index in [9.17, 15) is 9.90 Å². The lowest BCUT2D eigenvalue weighted by molar-refractivity contribution is 0.0924. The summed E-state index contributed by atoms with van der Waals surface area (Å²) in [7, 11) is 0. The van der Waals surface area contributed by atoms with E-state index >= 15 is 0 Å². The van der Waals surface area contributed by atoms with E-state index in [1.54, 1.807) is 32.9 Å². The Bertz CT molecular complexity index is 376. The van der Waals surface area contributed by atoms with Crippen molar-refractivity contribution in [2.45, 2.75) is 26.9 Å². The highest BCUT2D eigenvalue weighted by atomic mass is 16.3. The highest BCUT2D eigenvalue weighted by molar-refractivity contribution is 5.94. The SMILES string of the molecule is Cc1cc(C(=O)NCC(C)O)cc(C)c1O. The summed E-state index contributed by atoms with van der Waals surface area (Å²) in [5.74, 6) is -0.0285. The van der Waals surface area contributed by atoms with Crippen molar-refractivity contribution in [3.63, 3.8) is 0 Å². The molecule has 1 amide bonds. The predicted molar refractivity (Wildman–Crippen MR) is 61.6 cm³/mol. The quantitative estimate of drug-likeness (QED) is 0.719. The minimum atomic E-state index is -0.566. The molecule has 0 radical (unpaired) electrons. The standard InChI is InChI=1S/C12H17NO3/c1-7-4-10(5-8(2)11(7)15)12(16)13-6-9(3)14/h4-5,9,14-15H,6H2,1-3H3,(H,13,16). The Labute approximate surface area is 94.9 Å². The van der Waals surface area contributed by atoms with Gasteiger partial charge in [0.25, 0.3) is 5.91 Å². The predicted octanol–water partition coefficient (Wildman–Crippen LogP) is 1.12. The van der Waals surface area contributed by atoms with E-state index in [0.29, 0.717) is 16.7 Å². The third-order valence-corrected chi connectivity index (χ3v) is 2.31. The monoisotopic (exact) mass is 223 g/mol. The summed E-state index contributed by atoms with van der Waals surface area (Å²) < 4.78 is 0. The van der Waals surface area contributed by atoms with Crippen molar-refractivity contribution >= 4 is 5.91 Å². The highest BCUT2D eigenvalue weighted by Gasteiger charge is 2.10. The third kappa shape index (κ3) is 2.97. The van der Waals surface area contributed by atoms with E-state index < -0.39 is 6.10 Å². The third-order valence-electron chi connectivity index (χ3n) is 2.31. The molecule has 1 rings (SSSR count). The fourth-order valence-corrected chi connectivity index (χ4v) is 1.43. The number of benzene rings is 1. The van der Waals surface area contributed by atoms with Gasteiger partial charge < -0.3 is 15.5 Å². The average molecular weight is 223 g/mol. The maximum absolute atomic E-state index is 11.7. The van der Waals surface area contributed by atoms with Crippen molar-refractivity contribution in [1.29, 1.82) is 0 Å². The Morgan fingerprint density at radius 3 is 2.31 bits per heavy atom. The number of hydrogen-bond donors (Lipinski definition) is 3. The Morgan fingerprint density at radius 2 is 1.88 bits per heavy atom. The molecule has 1 aromatic rings. The molecule has 0 aliphatic carbocycles. The average Bonchev–Trinajstić information content (AvgIpc) is 2.21. The van der Waals surface area contributed by atoms with E-state index in [-0.39, 0.29) is 18.2 Å². The van der Waals surface area contributed by atoms with Gasteiger partial charge in [-0.1, -0.05) is 0 Å². The molecule has 0 aliphatic heterocycles. The van der Waals surface area contributed by atoms with Gasteiger partial charge in [0.05, 0.1) is 6.10 Å². The molecule has 0 aromatic heterocycles. The number of carbonyl (C=O) groups excluding carboxylic acids is 1. The van der Waals surface area contributed by atoms with Gasteiger partial charge in [-0.2, -0.15) is 0 Å². The fourth-order valence-electron chi connectivity index (χ4n) is 1.43. The molecule has 0 saturated heterocycles. The van der Waals surface area contributed by atoms with Crippen LogP contribution >= 0.6 is 0 Å². The van der Waals surface area contributed by atoms with Crippen LogP contribution in [0.4, 0.5) is 0 Å². The van der Waals surface area contributed by atoms with Crippen LogP contribution in [0.3, 0.4) is 0 Å². The molecular weight excluding hydrogens is 206 g/mol. The largest absolute Gasteiger partial charge is 0.507 e. The van der Waals surface area contributed by atoms with Crippen LogP contribution in [0.1, 0.15) is 28.4 Å². The number of rotatable bonds is 3. The van der Waals surface area contributed by atoms with Crippen molar-refractivity contribution in [2.24, 2.45) is 0 Å². The van der Waals surface area contributed by atoms with Crippen molar-refractivity contribution < 1.29 is 15.0 Å². The Balaban J connectivity index is 2.84. The second-order valence-corrected chi connectivity index (χ2v) is 4.02. The van der Waals surface area contributed by atoms with Gasteiger partial charge in [-0.05, 0) is 44.0 Å². The van der Waals surface area contributed by atoms with Gasteiger partial charge >= 0.3 is 0 Å². The van der Waals surface area contributed by atoms with Crippen LogP contribution in [0.15, 0.2) is 12.1 Å². The Morgan fingerprint density at radius 1 is 1.38 bits per heavy atom. The lowest BCUT2D eigenvalue weighted by Gasteiger charge is -2.09. The topological polar surface area (TPSA) is 69.6 Å². The van der Waals surface area contributed by atoms with E-state index in [2.05, 4.69) is 5.32 Å². The molecule has 0 heterocycles. The van der Waals surface area contributed by atoms with E-state index in [1.165, 1.54) is 0 Å². The first-order valence-electron chi connectivity index (χ1n) is 5.18. The second-order valence-electron chi connectivity index (χ2n) is 4.02. The molecule has 0 bridgehead atoms. The van der Waals surface area contributed by atoms with Gasteiger partial charge in [0.2, 0.25) is 0 Å². The van der Waals surface area contributed by atoms with Gasteiger partial charge in [-0.25, -0.2) is 0 Å². The maximum Gasteiger partial charge on any atom is 0.251 e. The molecule has 1 aromatic carbocycles. The van der Waals surface area contributed by atoms with E-state index in [4.69, 9.17) is 5.11 Å². The van der Waals surface area contributed by atoms with Crippen LogP contribution in [-0.4, -0.2) is 28.8 Å². The molecule has 0 fully saturated rings. The highest BCUT2D eigenvalue weighted by Crippen LogP contribution is 2.22. The smallest absolute Gasteiger partial charge is 0.251 e. The lowest BCUT2D eigenvalue weighted by Crippen LogP contribution is -2.30. The first kappa shape index (κ1) is 12.5. The summed E-state index contributed by atoms with van der Waals surface area (Å²) in [5.41, 5.74) is 1.83. The summed E-state index contributed by atoms with van der Waals surface area (Å²) in [6.45, 7) is 5.31. The van der Waals surface area contributed by atoms with E-state index in [1.807, 2.05) is 0 Å². The van der Waals surface area contributed by atoms with Crippen LogP contribution < -0.4 is 5.32 Å². The van der Waals surface area contributed by atoms with Crippen molar-refractivity contribution in [3.8, 4) is 5.75 Å². The van der Waals surface area contributed by atoms with Crippen LogP contribution in [0, 0.1) is 13.8 Å². The lowest BCUT2D eigenvalue weighted by atomic mass is 10.1. The van der Waals surface area contributed by atoms with Crippen LogP contribution in [-0.2, 0) is 0 Å². The molecule has 0 spiro atoms. The number of aliphatic hydroxyl groups excluding tert-OH is 1. The normalized spacial score (nSPS) is 12.2. The number of carbonyl (C=O) groups is 1. The second kappa shape index (κ2) is 4.99. The number of aliphatic hydroxyl groups is 1. The van der Waals surface area contributed by atoms with Crippen LogP contribution in [0.25, 0.3) is 0 Å². The van der Waals surface area contributed by atoms with Crippen LogP contribution in [0.2, 0.25) is 0 Å². The summed E-state index contributed by atoms with van der Waals surface area (Å²) in [5, 5.41) is 21.2. The zero-order valence-corrected chi connectivity index (χ0v) is 9.74. The van der Waals surface area contributed by atoms with Gasteiger partial charge in [0.15, 0.2) is 0 Å². The number of phenolic OH excluding ortho intramolecular Hbond substituents is 1. The number of aromatic hydroxyl groups is 1. The van der Waals surface area contributed by atoms with Crippen LogP contribution in [0.5, 0.6) is 5.75 Å². The first-order valence-corrected chi connectivity index (χ1v) is 5.18. The van der Waals surface area contributed by atoms with Gasteiger partial charge in [-0.15, -0.1) is 0 Å². The number of nitrogens with one attached hydrogen (secondary N) is 1. The minimum Gasteiger partial charge on any atom is -0.507 e. The molecule has 16 heavy (non-hydrogen) atoms. The maximum atomic E-state index is 11.7. The van der Waals surface area contributed by atoms with Crippen molar-refractivity contribution in [3.05, 3.63) is 28.8 Å². The van der Waals surface area contributed by atoms with E-state index in [0.717, 1.165) is 0 Å². The summed E-state index contributed by atoms with van der Waals surface area (Å²) >= 11 is 0. The van der Waals surface area contributed by atoms with Gasteiger partial charge in [-0.3, -0.25) is 4.79 Å². The minimum absolute atomic E-state index is 0.215. The zero-order chi connectivity index (χ0) is 12.3. The Kier molecular flexibility index (Phi) is 3.90. The summed E-state index contributed by atoms with van der Waals surface area (Å²) in [6, 6.07) is 3.25. The molecule has 1 unspecified atom stereocenters. The first-order chi connectivity index (χ1) is 7.41. The number of amides is 1. The number of aryl methyl sites for hydroxylation is 2. The van der Waals surface area contributed by atoms with Gasteiger partial charge in [0, 0.05) is 12.1 Å². The fraction of sp³-hybridized carbons (Fsp3) is 0.417. The zero-order valence-electron chi connectivity index (χ0n) is 9.74. The molecule has 88 valence electrons. The molecule has 0 saturated carbocycles. The molecular formula is C12H17NO3. The Hall–Kier alpha value is -1.55. The van der Waals surface area contributed by atoms with Crippen molar-refractivity contribution in [2.75, 3.05) is 6.54 Å². The molecule has 0 aliphatic rings. The molecule has 4 heteroatoms. The summed E-state index contributed by atoms with van der Waals surface area (Å²) in [6.07, 6.45) is -0.566. The van der Waals surface area contributed by atoms with Crippen molar-refractivity contribution in [1.82, 2.24) is 5.32 Å². The number of phenols is 1. The molecule has 4 nitrogen and oxygen atoms in total. The summed E-state index contributed by atoms with van der Waals surface area (Å²) in [4.78, 5) is 11.7. The van der Waals surface area contributed by atoms with Gasteiger partial charge in [0.1, 0.15) is 5.75 Å².